The largest absolute Gasteiger partial charge is 0.411 e. The Bertz CT molecular complexity index is 147. The van der Waals surface area contributed by atoms with E-state index in [1.165, 1.54) is 6.92 Å². The minimum Gasteiger partial charge on any atom is -0.411 e. The Hall–Kier alpha value is -1.13. The Morgan fingerprint density at radius 3 is 2.60 bits per heavy atom. The minimum absolute atomic E-state index is 0.0185. The number of halogens is 1. The fourth-order valence-corrected chi connectivity index (χ4v) is 0.390. The Balaban J connectivity index is 4.08. The van der Waals surface area contributed by atoms with Crippen molar-refractivity contribution in [2.45, 2.75) is 6.92 Å². The molecule has 0 saturated carbocycles. The molecule has 1 unspecified atom stereocenters. The minimum atomic E-state index is -0.647. The van der Waals surface area contributed by atoms with Crippen LogP contribution >= 0.6 is 0 Å². The lowest BCUT2D eigenvalue weighted by molar-refractivity contribution is 0.310. The first-order chi connectivity index (χ1) is 4.76. The van der Waals surface area contributed by atoms with Gasteiger partial charge in [0.05, 0.1) is 12.9 Å². The molecule has 0 aliphatic heterocycles. The molecule has 1 atom stereocenters. The Morgan fingerprint density at radius 2 is 2.30 bits per heavy atom. The van der Waals surface area contributed by atoms with Crippen LogP contribution in [0.2, 0.25) is 0 Å². The Kier molecular flexibility index (Phi) is 4.19. The average molecular weight is 148 g/mol. The smallest absolute Gasteiger partial charge is 0.106 e. The van der Waals surface area contributed by atoms with Gasteiger partial charge in [-0.05, 0) is 0 Å². The van der Waals surface area contributed by atoms with E-state index in [4.69, 9.17) is 10.4 Å². The van der Waals surface area contributed by atoms with Crippen molar-refractivity contribution in [2.75, 3.05) is 6.67 Å². The van der Waals surface area contributed by atoms with Crippen molar-refractivity contribution < 1.29 is 14.8 Å². The molecule has 0 amide bonds. The predicted molar refractivity (Wildman–Crippen MR) is 34.6 cm³/mol. The lowest BCUT2D eigenvalue weighted by Gasteiger charge is -2.01. The maximum Gasteiger partial charge on any atom is 0.106 e. The number of nitrogens with zero attached hydrogens (tertiary/aromatic N) is 2. The van der Waals surface area contributed by atoms with Crippen molar-refractivity contribution in [1.82, 2.24) is 0 Å². The van der Waals surface area contributed by atoms with Gasteiger partial charge in [-0.15, -0.1) is 0 Å². The zero-order valence-electron chi connectivity index (χ0n) is 5.53. The van der Waals surface area contributed by atoms with Gasteiger partial charge in [-0.2, -0.15) is 0 Å². The predicted octanol–water partition coefficient (Wildman–Crippen LogP) is 0.882. The summed E-state index contributed by atoms with van der Waals surface area (Å²) in [5.74, 6) is -0.541. The van der Waals surface area contributed by atoms with Crippen LogP contribution in [0.3, 0.4) is 0 Å². The van der Waals surface area contributed by atoms with Crippen LogP contribution in [0.1, 0.15) is 6.92 Å². The van der Waals surface area contributed by atoms with Crippen LogP contribution in [-0.4, -0.2) is 29.0 Å². The second kappa shape index (κ2) is 4.72. The van der Waals surface area contributed by atoms with Gasteiger partial charge in [0.1, 0.15) is 5.71 Å². The van der Waals surface area contributed by atoms with Gasteiger partial charge >= 0.3 is 0 Å². The molecule has 0 rings (SSSR count). The summed E-state index contributed by atoms with van der Waals surface area (Å²) in [4.78, 5) is 0. The molecule has 2 N–H and O–H groups in total. The van der Waals surface area contributed by atoms with Crippen molar-refractivity contribution in [3.8, 4) is 0 Å². The van der Waals surface area contributed by atoms with E-state index in [-0.39, 0.29) is 5.71 Å². The van der Waals surface area contributed by atoms with Crippen LogP contribution in [0.15, 0.2) is 10.3 Å². The highest BCUT2D eigenvalue weighted by molar-refractivity contribution is 6.31. The SMILES string of the molecule is CC(CF)C(C=NO)=NO. The van der Waals surface area contributed by atoms with Crippen LogP contribution in [0.5, 0.6) is 0 Å². The molecule has 0 fully saturated rings. The summed E-state index contributed by atoms with van der Waals surface area (Å²) < 4.78 is 11.8. The average Bonchev–Trinajstić information content (AvgIpc) is 1.99. The van der Waals surface area contributed by atoms with Crippen LogP contribution in [0.4, 0.5) is 4.39 Å². The summed E-state index contributed by atoms with van der Waals surface area (Å²) in [6.45, 7) is 0.863. The molecule has 10 heavy (non-hydrogen) atoms. The van der Waals surface area contributed by atoms with Crippen LogP contribution in [-0.2, 0) is 0 Å². The third-order valence-electron chi connectivity index (χ3n) is 1.04. The number of hydrogen-bond acceptors (Lipinski definition) is 4. The van der Waals surface area contributed by atoms with Crippen molar-refractivity contribution >= 4 is 11.9 Å². The normalized spacial score (nSPS) is 16.0. The molecule has 0 aromatic carbocycles. The van der Waals surface area contributed by atoms with E-state index in [1.54, 1.807) is 0 Å². The van der Waals surface area contributed by atoms with Gasteiger partial charge in [-0.3, -0.25) is 4.39 Å². The zero-order chi connectivity index (χ0) is 7.98. The lowest BCUT2D eigenvalue weighted by Crippen LogP contribution is -2.14. The second-order valence-electron chi connectivity index (χ2n) is 1.82. The quantitative estimate of drug-likeness (QED) is 0.354. The molecule has 5 heteroatoms. The summed E-state index contributed by atoms with van der Waals surface area (Å²) in [5, 5.41) is 21.5. The van der Waals surface area contributed by atoms with Crippen LogP contribution in [0, 0.1) is 5.92 Å². The highest BCUT2D eigenvalue weighted by atomic mass is 19.1. The second-order valence-corrected chi connectivity index (χ2v) is 1.82. The molecule has 0 saturated heterocycles. The van der Waals surface area contributed by atoms with E-state index < -0.39 is 12.6 Å². The van der Waals surface area contributed by atoms with Gasteiger partial charge in [-0.25, -0.2) is 0 Å². The maximum absolute atomic E-state index is 11.8. The van der Waals surface area contributed by atoms with Gasteiger partial charge in [0, 0.05) is 5.92 Å². The highest BCUT2D eigenvalue weighted by Gasteiger charge is 2.07. The third kappa shape index (κ3) is 2.43. The van der Waals surface area contributed by atoms with E-state index >= 15 is 0 Å². The van der Waals surface area contributed by atoms with E-state index in [9.17, 15) is 4.39 Å². The van der Waals surface area contributed by atoms with E-state index in [1.807, 2.05) is 0 Å². The summed E-state index contributed by atoms with van der Waals surface area (Å²) in [6.07, 6.45) is 0.893. The van der Waals surface area contributed by atoms with Gasteiger partial charge < -0.3 is 10.4 Å². The molecular formula is C5H9FN2O2. The molecule has 0 spiro atoms. The number of oxime groups is 2. The topological polar surface area (TPSA) is 65.2 Å². The van der Waals surface area contributed by atoms with Crippen molar-refractivity contribution in [3.63, 3.8) is 0 Å². The van der Waals surface area contributed by atoms with Crippen LogP contribution < -0.4 is 0 Å². The number of rotatable bonds is 3. The highest BCUT2D eigenvalue weighted by Crippen LogP contribution is 1.97. The van der Waals surface area contributed by atoms with Gasteiger partial charge in [0.2, 0.25) is 0 Å². The Morgan fingerprint density at radius 1 is 1.70 bits per heavy atom. The fraction of sp³-hybridized carbons (Fsp3) is 0.600. The van der Waals surface area contributed by atoms with Gasteiger partial charge in [-0.1, -0.05) is 17.2 Å². The molecule has 0 bridgehead atoms. The first-order valence-electron chi connectivity index (χ1n) is 2.71. The first kappa shape index (κ1) is 8.87. The molecule has 0 heterocycles. The molecular weight excluding hydrogens is 139 g/mol. The van der Waals surface area contributed by atoms with Gasteiger partial charge in [0.25, 0.3) is 0 Å². The summed E-state index contributed by atoms with van der Waals surface area (Å²) in [5.41, 5.74) is 0.0185. The van der Waals surface area contributed by atoms with Crippen LogP contribution in [0.25, 0.3) is 0 Å². The summed E-state index contributed by atoms with van der Waals surface area (Å²) >= 11 is 0. The standard InChI is InChI=1S/C5H9FN2O2/c1-4(2-6)5(8-10)3-7-9/h3-4,9-10H,2H2,1H3. The zero-order valence-corrected chi connectivity index (χ0v) is 5.53. The van der Waals surface area contributed by atoms with E-state index in [0.29, 0.717) is 0 Å². The molecule has 0 aromatic rings. The summed E-state index contributed by atoms with van der Waals surface area (Å²) in [7, 11) is 0. The van der Waals surface area contributed by atoms with E-state index in [2.05, 4.69) is 10.3 Å². The molecule has 58 valence electrons. The molecule has 4 nitrogen and oxygen atoms in total. The van der Waals surface area contributed by atoms with Gasteiger partial charge in [0.15, 0.2) is 0 Å². The molecule has 0 aliphatic rings. The maximum atomic E-state index is 11.8. The van der Waals surface area contributed by atoms with E-state index in [0.717, 1.165) is 6.21 Å². The Labute approximate surface area is 57.7 Å². The molecule has 0 aromatic heterocycles. The summed E-state index contributed by atoms with van der Waals surface area (Å²) in [6, 6.07) is 0. The fourth-order valence-electron chi connectivity index (χ4n) is 0.390. The number of hydrogen-bond donors (Lipinski definition) is 2. The molecule has 0 radical (unpaired) electrons. The van der Waals surface area contributed by atoms with Crippen molar-refractivity contribution in [1.29, 1.82) is 0 Å². The monoisotopic (exact) mass is 148 g/mol. The third-order valence-corrected chi connectivity index (χ3v) is 1.04. The molecule has 0 aliphatic carbocycles. The van der Waals surface area contributed by atoms with Crippen molar-refractivity contribution in [2.24, 2.45) is 16.2 Å². The lowest BCUT2D eigenvalue weighted by atomic mass is 10.1. The number of alkyl halides is 1. The van der Waals surface area contributed by atoms with Crippen molar-refractivity contribution in [3.05, 3.63) is 0 Å². The first-order valence-corrected chi connectivity index (χ1v) is 2.71.